The van der Waals surface area contributed by atoms with Crippen LogP contribution >= 0.6 is 22.9 Å². The maximum absolute atomic E-state index is 12.2. The lowest BCUT2D eigenvalue weighted by molar-refractivity contribution is -0.116. The summed E-state index contributed by atoms with van der Waals surface area (Å²) in [6.07, 6.45) is -0.0209. The number of anilines is 1. The summed E-state index contributed by atoms with van der Waals surface area (Å²) in [7, 11) is -3.69. The highest BCUT2D eigenvalue weighted by atomic mass is 35.5. The Morgan fingerprint density at radius 1 is 1.21 bits per heavy atom. The zero-order valence-electron chi connectivity index (χ0n) is 14.9. The van der Waals surface area contributed by atoms with Crippen molar-refractivity contribution in [2.45, 2.75) is 18.2 Å². The molecule has 0 fully saturated rings. The minimum atomic E-state index is -3.69. The molecule has 0 unspecified atom stereocenters. The number of fused-ring (bicyclic) bond motifs is 1. The van der Waals surface area contributed by atoms with E-state index in [1.807, 2.05) is 25.1 Å². The number of carbonyl (C=O) groups excluding carboxylic acids is 1. The molecule has 0 aliphatic carbocycles. The average molecular weight is 440 g/mol. The highest BCUT2D eigenvalue weighted by molar-refractivity contribution is 7.89. The molecule has 0 bridgehead atoms. The summed E-state index contributed by atoms with van der Waals surface area (Å²) in [5, 5.41) is 3.59. The van der Waals surface area contributed by atoms with E-state index in [1.54, 1.807) is 0 Å². The molecule has 2 aromatic carbocycles. The highest BCUT2D eigenvalue weighted by Gasteiger charge is 2.15. The predicted octanol–water partition coefficient (Wildman–Crippen LogP) is 3.66. The van der Waals surface area contributed by atoms with Crippen LogP contribution < -0.4 is 14.8 Å². The molecule has 10 heteroatoms. The molecule has 0 radical (unpaired) electrons. The van der Waals surface area contributed by atoms with Gasteiger partial charge >= 0.3 is 0 Å². The molecule has 7 nitrogen and oxygen atoms in total. The second-order valence-corrected chi connectivity index (χ2v) is 8.97. The van der Waals surface area contributed by atoms with Crippen LogP contribution in [0.25, 0.3) is 10.2 Å². The Morgan fingerprint density at radius 2 is 1.96 bits per heavy atom. The Kier molecular flexibility index (Phi) is 6.50. The maximum Gasteiger partial charge on any atom is 0.240 e. The van der Waals surface area contributed by atoms with Crippen molar-refractivity contribution in [1.82, 2.24) is 9.71 Å². The van der Waals surface area contributed by atoms with Gasteiger partial charge in [-0.25, -0.2) is 18.1 Å². The van der Waals surface area contributed by atoms with Crippen LogP contribution in [0.15, 0.2) is 47.4 Å². The molecule has 3 rings (SSSR count). The van der Waals surface area contributed by atoms with Gasteiger partial charge in [-0.15, -0.1) is 0 Å². The normalized spacial score (nSPS) is 11.5. The van der Waals surface area contributed by atoms with Crippen LogP contribution in [0.2, 0.25) is 5.02 Å². The number of nitrogens with zero attached hydrogens (tertiary/aromatic N) is 1. The predicted molar refractivity (Wildman–Crippen MR) is 111 cm³/mol. The van der Waals surface area contributed by atoms with Crippen LogP contribution in [-0.2, 0) is 14.8 Å². The Bertz CT molecular complexity index is 1080. The minimum absolute atomic E-state index is 0.0209. The number of benzene rings is 2. The molecule has 0 saturated carbocycles. The van der Waals surface area contributed by atoms with Crippen LogP contribution in [0, 0.1) is 0 Å². The lowest BCUT2D eigenvalue weighted by Crippen LogP contribution is -2.27. The number of carbonyl (C=O) groups is 1. The third-order valence-corrected chi connectivity index (χ3v) is 6.35. The van der Waals surface area contributed by atoms with Gasteiger partial charge < -0.3 is 10.1 Å². The first kappa shape index (κ1) is 20.5. The van der Waals surface area contributed by atoms with Crippen molar-refractivity contribution in [1.29, 1.82) is 0 Å². The zero-order valence-corrected chi connectivity index (χ0v) is 17.3. The summed E-state index contributed by atoms with van der Waals surface area (Å²) < 4.78 is 33.1. The number of halogens is 1. The molecule has 1 amide bonds. The number of rotatable bonds is 8. The van der Waals surface area contributed by atoms with Crippen molar-refractivity contribution in [2.75, 3.05) is 18.5 Å². The van der Waals surface area contributed by atoms with E-state index in [4.69, 9.17) is 16.3 Å². The van der Waals surface area contributed by atoms with Crippen LogP contribution in [0.5, 0.6) is 5.75 Å². The average Bonchev–Trinajstić information content (AvgIpc) is 3.03. The van der Waals surface area contributed by atoms with Gasteiger partial charge in [0.1, 0.15) is 5.75 Å². The van der Waals surface area contributed by atoms with Crippen molar-refractivity contribution in [3.05, 3.63) is 47.5 Å². The second-order valence-electron chi connectivity index (χ2n) is 5.73. The fourth-order valence-electron chi connectivity index (χ4n) is 2.39. The highest BCUT2D eigenvalue weighted by Crippen LogP contribution is 2.29. The number of sulfonamides is 1. The van der Waals surface area contributed by atoms with E-state index < -0.39 is 10.0 Å². The number of hydrogen-bond acceptors (Lipinski definition) is 6. The first-order valence-corrected chi connectivity index (χ1v) is 11.1. The Labute approximate surface area is 171 Å². The van der Waals surface area contributed by atoms with Gasteiger partial charge in [0.25, 0.3) is 0 Å². The van der Waals surface area contributed by atoms with Crippen LogP contribution in [0.1, 0.15) is 13.3 Å². The molecule has 0 atom stereocenters. The summed E-state index contributed by atoms with van der Waals surface area (Å²) in [4.78, 5) is 16.5. The molecule has 0 aliphatic heterocycles. The fourth-order valence-corrected chi connectivity index (χ4v) is 4.46. The standard InChI is InChI=1S/C18H18ClN3O4S2/c1-2-26-13-5-8-15-16(11-13)27-18(21-15)22-17(23)9-10-20-28(24,25)14-6-3-12(19)4-7-14/h3-8,11,20H,2,9-10H2,1H3,(H,21,22,23). The number of hydrogen-bond donors (Lipinski definition) is 2. The molecule has 28 heavy (non-hydrogen) atoms. The maximum atomic E-state index is 12.2. The number of nitrogens with one attached hydrogen (secondary N) is 2. The van der Waals surface area contributed by atoms with Gasteiger partial charge in [0.15, 0.2) is 5.13 Å². The fraction of sp³-hybridized carbons (Fsp3) is 0.222. The van der Waals surface area contributed by atoms with E-state index in [0.29, 0.717) is 16.8 Å². The smallest absolute Gasteiger partial charge is 0.240 e. The van der Waals surface area contributed by atoms with E-state index in [2.05, 4.69) is 15.0 Å². The molecule has 0 saturated heterocycles. The third-order valence-electron chi connectivity index (χ3n) is 3.69. The van der Waals surface area contributed by atoms with Crippen LogP contribution in [0.3, 0.4) is 0 Å². The second kappa shape index (κ2) is 8.87. The number of ether oxygens (including phenoxy) is 1. The van der Waals surface area contributed by atoms with Crippen molar-refractivity contribution >= 4 is 54.2 Å². The first-order valence-electron chi connectivity index (χ1n) is 8.46. The molecule has 3 aromatic rings. The Hall–Kier alpha value is -2.20. The quantitative estimate of drug-likeness (QED) is 0.558. The molecule has 148 valence electrons. The van der Waals surface area contributed by atoms with Crippen molar-refractivity contribution in [3.63, 3.8) is 0 Å². The summed E-state index contributed by atoms with van der Waals surface area (Å²) >= 11 is 7.09. The van der Waals surface area contributed by atoms with E-state index in [1.165, 1.54) is 35.6 Å². The van der Waals surface area contributed by atoms with Gasteiger partial charge in [-0.3, -0.25) is 4.79 Å². The summed E-state index contributed by atoms with van der Waals surface area (Å²) in [6, 6.07) is 11.3. The van der Waals surface area contributed by atoms with Gasteiger partial charge in [-0.05, 0) is 49.4 Å². The topological polar surface area (TPSA) is 97.4 Å². The number of aromatic nitrogens is 1. The van der Waals surface area contributed by atoms with E-state index in [9.17, 15) is 13.2 Å². The summed E-state index contributed by atoms with van der Waals surface area (Å²) in [5.74, 6) is 0.413. The molecule has 1 heterocycles. The van der Waals surface area contributed by atoms with Crippen molar-refractivity contribution in [2.24, 2.45) is 0 Å². The monoisotopic (exact) mass is 439 g/mol. The number of thiazole rings is 1. The molecular formula is C18H18ClN3O4S2. The van der Waals surface area contributed by atoms with E-state index in [0.717, 1.165) is 16.0 Å². The van der Waals surface area contributed by atoms with Gasteiger partial charge in [-0.1, -0.05) is 22.9 Å². The minimum Gasteiger partial charge on any atom is -0.494 e. The lowest BCUT2D eigenvalue weighted by atomic mass is 10.3. The number of amides is 1. The molecule has 0 aliphatic rings. The van der Waals surface area contributed by atoms with Gasteiger partial charge in [-0.2, -0.15) is 0 Å². The molecule has 0 spiro atoms. The molecular weight excluding hydrogens is 422 g/mol. The van der Waals surface area contributed by atoms with Crippen molar-refractivity contribution < 1.29 is 17.9 Å². The summed E-state index contributed by atoms with van der Waals surface area (Å²) in [6.45, 7) is 2.44. The zero-order chi connectivity index (χ0) is 20.1. The molecule has 1 aromatic heterocycles. The van der Waals surface area contributed by atoms with E-state index in [-0.39, 0.29) is 23.8 Å². The SMILES string of the molecule is CCOc1ccc2nc(NC(=O)CCNS(=O)(=O)c3ccc(Cl)cc3)sc2c1. The van der Waals surface area contributed by atoms with Gasteiger partial charge in [0.05, 0.1) is 21.7 Å². The Balaban J connectivity index is 1.55. The van der Waals surface area contributed by atoms with E-state index >= 15 is 0 Å². The summed E-state index contributed by atoms with van der Waals surface area (Å²) in [5.41, 5.74) is 0.757. The van der Waals surface area contributed by atoms with Gasteiger partial charge in [0, 0.05) is 18.0 Å². The Morgan fingerprint density at radius 3 is 2.68 bits per heavy atom. The first-order chi connectivity index (χ1) is 13.4. The van der Waals surface area contributed by atoms with Gasteiger partial charge in [0.2, 0.25) is 15.9 Å². The largest absolute Gasteiger partial charge is 0.494 e. The van der Waals surface area contributed by atoms with Crippen LogP contribution in [0.4, 0.5) is 5.13 Å². The lowest BCUT2D eigenvalue weighted by Gasteiger charge is -2.06. The van der Waals surface area contributed by atoms with Crippen molar-refractivity contribution in [3.8, 4) is 5.75 Å². The van der Waals surface area contributed by atoms with Crippen LogP contribution in [-0.4, -0.2) is 32.5 Å². The third kappa shape index (κ3) is 5.20. The molecule has 2 N–H and O–H groups in total.